The van der Waals surface area contributed by atoms with Crippen LogP contribution in [-0.2, 0) is 30.8 Å². The van der Waals surface area contributed by atoms with Crippen molar-refractivity contribution in [2.24, 2.45) is 17.3 Å². The van der Waals surface area contributed by atoms with Crippen molar-refractivity contribution in [2.75, 3.05) is 6.54 Å². The van der Waals surface area contributed by atoms with Gasteiger partial charge in [0.05, 0.1) is 33.0 Å². The predicted molar refractivity (Wildman–Crippen MR) is 189 cm³/mol. The number of ether oxygens (including phenoxy) is 1. The van der Waals surface area contributed by atoms with Gasteiger partial charge in [-0.25, -0.2) is 17.8 Å². The highest BCUT2D eigenvalue weighted by atomic mass is 32.2. The molecule has 0 spiro atoms. The molecule has 9 nitrogen and oxygen atoms in total. The fourth-order valence-electron chi connectivity index (χ4n) is 7.55. The number of nitrogens with one attached hydrogen (secondary N) is 1. The molecule has 1 aromatic heterocycles. The minimum atomic E-state index is -3.90. The minimum Gasteiger partial charge on any atom is -0.465 e. The molecule has 0 unspecified atom stereocenters. The number of halogens is 1. The second kappa shape index (κ2) is 13.8. The Morgan fingerprint density at radius 3 is 2.70 bits per heavy atom. The van der Waals surface area contributed by atoms with Gasteiger partial charge in [0.1, 0.15) is 11.9 Å². The first-order chi connectivity index (χ1) is 24.0. The van der Waals surface area contributed by atoms with Crippen molar-refractivity contribution in [3.05, 3.63) is 72.1 Å². The highest BCUT2D eigenvalue weighted by Gasteiger charge is 2.62. The van der Waals surface area contributed by atoms with Gasteiger partial charge in [-0.1, -0.05) is 66.7 Å². The minimum absolute atomic E-state index is 0.0974. The van der Waals surface area contributed by atoms with Crippen LogP contribution in [0.15, 0.2) is 60.7 Å². The molecule has 3 fully saturated rings. The Labute approximate surface area is 296 Å². The molecule has 2 amide bonds. The van der Waals surface area contributed by atoms with Gasteiger partial charge in [-0.15, -0.1) is 0 Å². The van der Waals surface area contributed by atoms with Crippen LogP contribution in [-0.4, -0.2) is 59.3 Å². The number of benzene rings is 2. The Bertz CT molecular complexity index is 1910. The molecule has 2 saturated carbocycles. The first-order valence-corrected chi connectivity index (χ1v) is 20.1. The van der Waals surface area contributed by atoms with E-state index in [9.17, 15) is 27.2 Å². The van der Waals surface area contributed by atoms with E-state index in [0.717, 1.165) is 37.7 Å². The molecule has 1 saturated heterocycles. The number of aryl methyl sites for hydroxylation is 1. The number of amides is 2. The van der Waals surface area contributed by atoms with Crippen molar-refractivity contribution in [2.45, 2.75) is 101 Å². The summed E-state index contributed by atoms with van der Waals surface area (Å²) in [5.41, 5.74) is 0.554. The predicted octanol–water partition coefficient (Wildman–Crippen LogP) is 6.52. The number of carbonyl (C=O) groups is 3. The van der Waals surface area contributed by atoms with Crippen LogP contribution in [0.4, 0.5) is 4.39 Å². The van der Waals surface area contributed by atoms with E-state index in [-0.39, 0.29) is 48.7 Å². The number of hydrogen-bond acceptors (Lipinski definition) is 8. The quantitative estimate of drug-likeness (QED) is 0.263. The summed E-state index contributed by atoms with van der Waals surface area (Å²) in [6.07, 6.45) is 10.5. The van der Waals surface area contributed by atoms with Crippen LogP contribution in [0.5, 0.6) is 5.19 Å². The average molecular weight is 722 g/mol. The van der Waals surface area contributed by atoms with E-state index in [1.807, 2.05) is 30.4 Å². The summed E-state index contributed by atoms with van der Waals surface area (Å²) in [6.45, 7) is 1.81. The largest absolute Gasteiger partial charge is 0.465 e. The third-order valence-corrected chi connectivity index (χ3v) is 14.3. The van der Waals surface area contributed by atoms with Gasteiger partial charge in [0.2, 0.25) is 21.8 Å². The van der Waals surface area contributed by atoms with Crippen LogP contribution in [0.25, 0.3) is 10.2 Å². The van der Waals surface area contributed by atoms with Crippen molar-refractivity contribution in [1.82, 2.24) is 14.6 Å². The Morgan fingerprint density at radius 1 is 1.12 bits per heavy atom. The van der Waals surface area contributed by atoms with Crippen molar-refractivity contribution in [3.8, 4) is 5.19 Å². The molecule has 0 radical (unpaired) electrons. The summed E-state index contributed by atoms with van der Waals surface area (Å²) in [7, 11) is -3.90. The Morgan fingerprint density at radius 2 is 1.92 bits per heavy atom. The maximum atomic E-state index is 14.5. The monoisotopic (exact) mass is 721 g/mol. The topological polar surface area (TPSA) is 123 Å². The zero-order valence-electron chi connectivity index (χ0n) is 28.3. The maximum absolute atomic E-state index is 14.5. The highest BCUT2D eigenvalue weighted by molar-refractivity contribution is 7.91. The fraction of sp³-hybridized carbons (Fsp3) is 0.526. The number of sulfonamides is 1. The average Bonchev–Trinajstić information content (AvgIpc) is 3.90. The van der Waals surface area contributed by atoms with Gasteiger partial charge in [0.15, 0.2) is 5.78 Å². The van der Waals surface area contributed by atoms with Crippen LogP contribution in [0.1, 0.15) is 83.1 Å². The number of nitrogens with zero attached hydrogens (tertiary/aromatic N) is 2. The molecule has 2 aromatic carbocycles. The lowest BCUT2D eigenvalue weighted by Gasteiger charge is -2.29. The zero-order valence-corrected chi connectivity index (χ0v) is 29.9. The van der Waals surface area contributed by atoms with E-state index in [4.69, 9.17) is 4.74 Å². The third kappa shape index (κ3) is 7.24. The number of carbonyl (C=O) groups excluding carboxylic acids is 3. The number of aromatic nitrogens is 1. The molecule has 50 heavy (non-hydrogen) atoms. The SMILES string of the molecule is CC1(S(=O)(=O)NC(=O)[C@]23CC(=O)[C@@H]4C[C@@H](Oc5nc6ccc(F)cc6s5)CN4C(=O)[C@@H](CCc4ccccc4)CCCCC/C=C\[C@@H]2C3)CC1. The summed E-state index contributed by atoms with van der Waals surface area (Å²) >= 11 is 1.21. The molecule has 2 aliphatic heterocycles. The lowest BCUT2D eigenvalue weighted by Crippen LogP contribution is -2.47. The first-order valence-electron chi connectivity index (χ1n) is 17.8. The lowest BCUT2D eigenvalue weighted by atomic mass is 9.90. The molecule has 266 valence electrons. The number of Topliss-reactive ketones (excluding diaryl/α,β-unsaturated/α-hetero) is 1. The van der Waals surface area contributed by atoms with E-state index in [0.29, 0.717) is 47.5 Å². The Hall–Kier alpha value is -3.64. The molecular weight excluding hydrogens is 678 g/mol. The molecule has 0 bridgehead atoms. The molecule has 2 aliphatic carbocycles. The number of fused-ring (bicyclic) bond motifs is 3. The summed E-state index contributed by atoms with van der Waals surface area (Å²) < 4.78 is 48.4. The normalized spacial score (nSPS) is 29.0. The summed E-state index contributed by atoms with van der Waals surface area (Å²) in [6, 6.07) is 13.5. The number of rotatable bonds is 8. The van der Waals surface area contributed by atoms with Crippen molar-refractivity contribution in [3.63, 3.8) is 0 Å². The van der Waals surface area contributed by atoms with Crippen LogP contribution < -0.4 is 9.46 Å². The zero-order chi connectivity index (χ0) is 35.1. The van der Waals surface area contributed by atoms with Crippen molar-refractivity contribution >= 4 is 49.2 Å². The smallest absolute Gasteiger partial charge is 0.274 e. The molecule has 1 N–H and O–H groups in total. The summed E-state index contributed by atoms with van der Waals surface area (Å²) in [4.78, 5) is 48.9. The van der Waals surface area contributed by atoms with E-state index in [1.54, 1.807) is 17.9 Å². The van der Waals surface area contributed by atoms with E-state index in [1.165, 1.54) is 23.5 Å². The van der Waals surface area contributed by atoms with Crippen LogP contribution >= 0.6 is 11.3 Å². The van der Waals surface area contributed by atoms with E-state index >= 15 is 0 Å². The molecule has 5 atom stereocenters. The van der Waals surface area contributed by atoms with Gasteiger partial charge in [-0.05, 0) is 88.0 Å². The van der Waals surface area contributed by atoms with Gasteiger partial charge in [0.25, 0.3) is 5.19 Å². The maximum Gasteiger partial charge on any atom is 0.274 e. The Balaban J connectivity index is 1.17. The molecule has 3 heterocycles. The molecular formula is C38H44FN3O6S2. The summed E-state index contributed by atoms with van der Waals surface area (Å²) in [5.74, 6) is -1.94. The van der Waals surface area contributed by atoms with E-state index < -0.39 is 38.2 Å². The van der Waals surface area contributed by atoms with Gasteiger partial charge in [-0.3, -0.25) is 19.1 Å². The third-order valence-electron chi connectivity index (χ3n) is 11.2. The number of thiazole rings is 1. The highest BCUT2D eigenvalue weighted by Crippen LogP contribution is 2.57. The van der Waals surface area contributed by atoms with Gasteiger partial charge < -0.3 is 9.64 Å². The molecule has 4 aliphatic rings. The van der Waals surface area contributed by atoms with Gasteiger partial charge in [-0.2, -0.15) is 0 Å². The molecule has 7 rings (SSSR count). The number of allylic oxidation sites excluding steroid dienone is 2. The van der Waals surface area contributed by atoms with E-state index in [2.05, 4.69) is 21.8 Å². The number of ketones is 1. The van der Waals surface area contributed by atoms with Gasteiger partial charge >= 0.3 is 0 Å². The molecule has 3 aromatic rings. The standard InChI is InChI=1S/C38H44FN3O6S2/c1-37(18-19-37)50(46,47)41-35(45)38-22-27(38)13-9-4-2-3-8-12-26(15-14-25-10-6-5-7-11-25)34(44)42-24-29(21-31(42)32(43)23-38)48-36-40-30-17-16-28(39)20-33(30)49-36/h5-7,9-11,13,16-17,20,26-27,29,31H,2-4,8,12,14-15,18-19,21-24H2,1H3,(H,41,45)/b13-9-/t26-,27-,29-,31+,38-/m1/s1. The lowest BCUT2D eigenvalue weighted by molar-refractivity contribution is -0.142. The second-order valence-corrected chi connectivity index (χ2v) is 18.0. The van der Waals surface area contributed by atoms with Crippen molar-refractivity contribution < 1.29 is 31.9 Å². The fourth-order valence-corrected chi connectivity index (χ4v) is 9.79. The van der Waals surface area contributed by atoms with Gasteiger partial charge in [0, 0.05) is 18.8 Å². The first kappa shape index (κ1) is 34.8. The second-order valence-electron chi connectivity index (χ2n) is 14.9. The molecule has 12 heteroatoms. The van der Waals surface area contributed by atoms with Crippen molar-refractivity contribution in [1.29, 1.82) is 0 Å². The Kier molecular flexibility index (Phi) is 9.62. The van der Waals surface area contributed by atoms with Crippen LogP contribution in [0.2, 0.25) is 0 Å². The van der Waals surface area contributed by atoms with Crippen LogP contribution in [0.3, 0.4) is 0 Å². The summed E-state index contributed by atoms with van der Waals surface area (Å²) in [5, 5.41) is 0.334. The number of hydrogen-bond donors (Lipinski definition) is 1. The van der Waals surface area contributed by atoms with Crippen LogP contribution in [0, 0.1) is 23.1 Å².